The monoisotopic (exact) mass is 389 g/mol. The van der Waals surface area contributed by atoms with Crippen LogP contribution in [-0.2, 0) is 13.0 Å². The quantitative estimate of drug-likeness (QED) is 0.459. The molecule has 0 unspecified atom stereocenters. The van der Waals surface area contributed by atoms with Gasteiger partial charge in [-0.05, 0) is 48.4 Å². The van der Waals surface area contributed by atoms with E-state index in [0.29, 0.717) is 28.9 Å². The molecule has 2 aromatic heterocycles. The van der Waals surface area contributed by atoms with E-state index in [1.165, 1.54) is 12.1 Å². The number of carbonyl (C=O) groups is 1. The molecule has 146 valence electrons. The molecule has 6 heteroatoms. The van der Waals surface area contributed by atoms with E-state index >= 15 is 0 Å². The second kappa shape index (κ2) is 7.75. The van der Waals surface area contributed by atoms with E-state index in [9.17, 15) is 9.18 Å². The summed E-state index contributed by atoms with van der Waals surface area (Å²) >= 11 is 0. The van der Waals surface area contributed by atoms with Crippen LogP contribution in [0.5, 0.6) is 0 Å². The van der Waals surface area contributed by atoms with E-state index < -0.39 is 0 Å². The van der Waals surface area contributed by atoms with Crippen molar-refractivity contribution in [1.29, 1.82) is 0 Å². The average molecular weight is 389 g/mol. The summed E-state index contributed by atoms with van der Waals surface area (Å²) < 4.78 is 19.2. The number of fused-ring (bicyclic) bond motifs is 1. The van der Waals surface area contributed by atoms with Crippen molar-refractivity contribution in [3.8, 4) is 0 Å². The Morgan fingerprint density at radius 3 is 2.79 bits per heavy atom. The number of carbonyl (C=O) groups excluding carboxylic acids is 1. The predicted octanol–water partition coefficient (Wildman–Crippen LogP) is 4.90. The lowest BCUT2D eigenvalue weighted by Crippen LogP contribution is -2.06. The maximum Gasteiger partial charge on any atom is 0.202 e. The molecular weight excluding hydrogens is 369 g/mol. The molecule has 4 aromatic rings. The Labute approximate surface area is 167 Å². The maximum absolute atomic E-state index is 13.5. The largest absolute Gasteiger partial charge is 0.453 e. The van der Waals surface area contributed by atoms with Gasteiger partial charge < -0.3 is 15.5 Å². The molecule has 0 fully saturated rings. The van der Waals surface area contributed by atoms with Gasteiger partial charge in [0.05, 0.1) is 5.69 Å². The predicted molar refractivity (Wildman–Crippen MR) is 111 cm³/mol. The fourth-order valence-corrected chi connectivity index (χ4v) is 3.34. The molecule has 0 radical (unpaired) electrons. The SMILES string of the molecule is Cc1c(C(=O)Cc2cccc(CNc3cccnc3N)c2)oc2ccc(F)cc12. The third-order valence-electron chi connectivity index (χ3n) is 4.83. The number of Topliss-reactive ketones (excluding diaryl/α,β-unsaturated/α-hetero) is 1. The van der Waals surface area contributed by atoms with Gasteiger partial charge in [0.2, 0.25) is 5.78 Å². The first-order valence-electron chi connectivity index (χ1n) is 9.25. The summed E-state index contributed by atoms with van der Waals surface area (Å²) in [6, 6.07) is 15.7. The van der Waals surface area contributed by atoms with Crippen LogP contribution in [0.25, 0.3) is 11.0 Å². The van der Waals surface area contributed by atoms with Crippen LogP contribution in [0.1, 0.15) is 27.2 Å². The van der Waals surface area contributed by atoms with Crippen molar-refractivity contribution in [2.24, 2.45) is 0 Å². The van der Waals surface area contributed by atoms with E-state index in [-0.39, 0.29) is 23.8 Å². The lowest BCUT2D eigenvalue weighted by atomic mass is 10.0. The van der Waals surface area contributed by atoms with E-state index in [2.05, 4.69) is 10.3 Å². The topological polar surface area (TPSA) is 81.2 Å². The summed E-state index contributed by atoms with van der Waals surface area (Å²) in [7, 11) is 0. The minimum absolute atomic E-state index is 0.138. The smallest absolute Gasteiger partial charge is 0.202 e. The van der Waals surface area contributed by atoms with Crippen LogP contribution in [0.15, 0.2) is 65.2 Å². The van der Waals surface area contributed by atoms with Crippen molar-refractivity contribution in [1.82, 2.24) is 4.98 Å². The zero-order valence-corrected chi connectivity index (χ0v) is 15.9. The Bertz CT molecular complexity index is 1200. The van der Waals surface area contributed by atoms with Gasteiger partial charge in [-0.15, -0.1) is 0 Å². The average Bonchev–Trinajstić information content (AvgIpc) is 3.04. The van der Waals surface area contributed by atoms with Gasteiger partial charge in [0, 0.05) is 30.1 Å². The highest BCUT2D eigenvalue weighted by Gasteiger charge is 2.18. The van der Waals surface area contributed by atoms with Crippen molar-refractivity contribution >= 4 is 28.3 Å². The van der Waals surface area contributed by atoms with Crippen LogP contribution >= 0.6 is 0 Å². The Morgan fingerprint density at radius 2 is 1.97 bits per heavy atom. The molecule has 0 aliphatic rings. The Hall–Kier alpha value is -3.67. The van der Waals surface area contributed by atoms with Crippen molar-refractivity contribution in [3.05, 3.63) is 89.1 Å². The third kappa shape index (κ3) is 3.96. The minimum Gasteiger partial charge on any atom is -0.453 e. The summed E-state index contributed by atoms with van der Waals surface area (Å²) in [4.78, 5) is 16.8. The van der Waals surface area contributed by atoms with Gasteiger partial charge >= 0.3 is 0 Å². The highest BCUT2D eigenvalue weighted by atomic mass is 19.1. The normalized spacial score (nSPS) is 11.0. The van der Waals surface area contributed by atoms with E-state index in [4.69, 9.17) is 10.2 Å². The van der Waals surface area contributed by atoms with Crippen LogP contribution in [0.4, 0.5) is 15.9 Å². The number of aromatic nitrogens is 1. The number of hydrogen-bond acceptors (Lipinski definition) is 5. The zero-order valence-electron chi connectivity index (χ0n) is 15.9. The first-order chi connectivity index (χ1) is 14.0. The number of hydrogen-bond donors (Lipinski definition) is 2. The minimum atomic E-state index is -0.352. The van der Waals surface area contributed by atoms with Gasteiger partial charge in [0.1, 0.15) is 17.2 Å². The van der Waals surface area contributed by atoms with Crippen molar-refractivity contribution in [2.45, 2.75) is 19.9 Å². The lowest BCUT2D eigenvalue weighted by Gasteiger charge is -2.09. The van der Waals surface area contributed by atoms with Gasteiger partial charge in [0.15, 0.2) is 5.76 Å². The molecule has 0 amide bonds. The number of furan rings is 1. The zero-order chi connectivity index (χ0) is 20.4. The molecular formula is C23H20FN3O2. The van der Waals surface area contributed by atoms with E-state index in [0.717, 1.165) is 16.8 Å². The number of halogens is 1. The number of pyridine rings is 1. The Balaban J connectivity index is 1.50. The summed E-state index contributed by atoms with van der Waals surface area (Å²) in [6.45, 7) is 2.33. The third-order valence-corrected chi connectivity index (χ3v) is 4.83. The number of nitrogens with zero attached hydrogens (tertiary/aromatic N) is 1. The second-order valence-electron chi connectivity index (χ2n) is 6.91. The molecule has 5 nitrogen and oxygen atoms in total. The maximum atomic E-state index is 13.5. The standard InChI is InChI=1S/C23H20FN3O2/c1-14-18-12-17(24)7-8-21(18)29-22(14)20(28)11-15-4-2-5-16(10-15)13-27-19-6-3-9-26-23(19)25/h2-10,12,27H,11,13H2,1H3,(H2,25,26). The van der Waals surface area contributed by atoms with Crippen LogP contribution in [0.3, 0.4) is 0 Å². The number of nitrogens with two attached hydrogens (primary N) is 1. The molecule has 0 spiro atoms. The van der Waals surface area contributed by atoms with Crippen molar-refractivity contribution in [2.75, 3.05) is 11.1 Å². The molecule has 0 saturated carbocycles. The molecule has 0 atom stereocenters. The fourth-order valence-electron chi connectivity index (χ4n) is 3.34. The summed E-state index contributed by atoms with van der Waals surface area (Å²) in [5.74, 6) is 0.225. The number of nitrogen functional groups attached to an aromatic ring is 1. The van der Waals surface area contributed by atoms with Crippen LogP contribution in [-0.4, -0.2) is 10.8 Å². The van der Waals surface area contributed by atoms with Crippen LogP contribution in [0.2, 0.25) is 0 Å². The number of anilines is 2. The van der Waals surface area contributed by atoms with E-state index in [1.807, 2.05) is 36.4 Å². The van der Waals surface area contributed by atoms with Crippen LogP contribution < -0.4 is 11.1 Å². The van der Waals surface area contributed by atoms with Gasteiger partial charge in [-0.1, -0.05) is 24.3 Å². The van der Waals surface area contributed by atoms with Crippen molar-refractivity contribution < 1.29 is 13.6 Å². The summed E-state index contributed by atoms with van der Waals surface area (Å²) in [5, 5.41) is 3.87. The molecule has 29 heavy (non-hydrogen) atoms. The molecule has 0 aliphatic heterocycles. The van der Waals surface area contributed by atoms with E-state index in [1.54, 1.807) is 19.2 Å². The number of rotatable bonds is 6. The molecule has 0 saturated heterocycles. The summed E-state index contributed by atoms with van der Waals surface area (Å²) in [6.07, 6.45) is 1.84. The first kappa shape index (κ1) is 18.7. The summed E-state index contributed by atoms with van der Waals surface area (Å²) in [5.41, 5.74) is 9.68. The molecule has 0 bridgehead atoms. The Kier molecular flexibility index (Phi) is 4.99. The fraction of sp³-hybridized carbons (Fsp3) is 0.130. The highest BCUT2D eigenvalue weighted by Crippen LogP contribution is 2.27. The lowest BCUT2D eigenvalue weighted by molar-refractivity contribution is 0.0967. The number of nitrogens with one attached hydrogen (secondary N) is 1. The molecule has 4 rings (SSSR count). The number of ketones is 1. The van der Waals surface area contributed by atoms with Gasteiger partial charge in [0.25, 0.3) is 0 Å². The van der Waals surface area contributed by atoms with Gasteiger partial charge in [-0.25, -0.2) is 9.37 Å². The van der Waals surface area contributed by atoms with Gasteiger partial charge in [-0.3, -0.25) is 4.79 Å². The second-order valence-corrected chi connectivity index (χ2v) is 6.91. The molecule has 3 N–H and O–H groups in total. The van der Waals surface area contributed by atoms with Crippen molar-refractivity contribution in [3.63, 3.8) is 0 Å². The molecule has 0 aliphatic carbocycles. The number of benzene rings is 2. The number of aryl methyl sites for hydroxylation is 1. The highest BCUT2D eigenvalue weighted by molar-refractivity contribution is 6.01. The molecule has 2 heterocycles. The van der Waals surface area contributed by atoms with Crippen LogP contribution in [0, 0.1) is 12.7 Å². The first-order valence-corrected chi connectivity index (χ1v) is 9.25. The Morgan fingerprint density at radius 1 is 1.14 bits per heavy atom. The molecule has 2 aromatic carbocycles. The van der Waals surface area contributed by atoms with Gasteiger partial charge in [-0.2, -0.15) is 0 Å².